The largest absolute Gasteiger partial charge is 0.352 e. The molecule has 1 N–H and O–H groups in total. The Morgan fingerprint density at radius 1 is 1.30 bits per heavy atom. The molecule has 1 fully saturated rings. The fraction of sp³-hybridized carbons (Fsp3) is 0.667. The molecule has 20 heavy (non-hydrogen) atoms. The summed E-state index contributed by atoms with van der Waals surface area (Å²) in [6.45, 7) is 5.96. The number of nitrogens with one attached hydrogen (secondary N) is 1. The van der Waals surface area contributed by atoms with Crippen LogP contribution in [0.4, 0.5) is 11.9 Å². The van der Waals surface area contributed by atoms with Gasteiger partial charge < -0.3 is 10.2 Å². The van der Waals surface area contributed by atoms with Crippen LogP contribution in [-0.2, 0) is 0 Å². The molecule has 108 valence electrons. The Hall–Kier alpha value is -1.32. The smallest absolute Gasteiger partial charge is 0.238 e. The maximum atomic E-state index is 9.04. The van der Waals surface area contributed by atoms with E-state index in [9.17, 15) is 0 Å². The molecular weight excluding hydrogens is 299 g/mol. The van der Waals surface area contributed by atoms with Gasteiger partial charge in [0.1, 0.15) is 6.07 Å². The second-order valence-electron chi connectivity index (χ2n) is 5.34. The summed E-state index contributed by atoms with van der Waals surface area (Å²) in [6.07, 6.45) is 1.92. The molecule has 0 bridgehead atoms. The van der Waals surface area contributed by atoms with Gasteiger partial charge in [0.25, 0.3) is 0 Å². The molecule has 2 rings (SSSR count). The number of hydrogen-bond donors (Lipinski definition) is 1. The molecule has 8 heteroatoms. The molecule has 1 aromatic rings. The molecule has 6 nitrogen and oxygen atoms in total. The second kappa shape index (κ2) is 5.58. The summed E-state index contributed by atoms with van der Waals surface area (Å²) in [7, 11) is 0. The lowest BCUT2D eigenvalue weighted by molar-refractivity contribution is 0.639. The second-order valence-corrected chi connectivity index (χ2v) is 6.39. The third-order valence-corrected chi connectivity index (χ3v) is 3.50. The van der Waals surface area contributed by atoms with Crippen LogP contribution in [0.5, 0.6) is 0 Å². The topological polar surface area (TPSA) is 77.7 Å². The zero-order valence-corrected chi connectivity index (χ0v) is 13.1. The average molecular weight is 315 g/mol. The molecule has 0 aliphatic heterocycles. The minimum Gasteiger partial charge on any atom is -0.352 e. The minimum atomic E-state index is -0.775. The van der Waals surface area contributed by atoms with E-state index in [0.29, 0.717) is 11.9 Å². The average Bonchev–Trinajstić information content (AvgIpc) is 3.05. The number of anilines is 2. The lowest BCUT2D eigenvalue weighted by atomic mass is 10.3. The molecule has 0 spiro atoms. The van der Waals surface area contributed by atoms with E-state index in [2.05, 4.69) is 20.3 Å². The van der Waals surface area contributed by atoms with E-state index in [4.69, 9.17) is 28.5 Å². The Balaban J connectivity index is 2.41. The Labute approximate surface area is 128 Å². The number of alkyl halides is 2. The van der Waals surface area contributed by atoms with E-state index in [0.717, 1.165) is 12.8 Å². The van der Waals surface area contributed by atoms with Crippen LogP contribution in [0.3, 0.4) is 0 Å². The maximum absolute atomic E-state index is 9.04. The van der Waals surface area contributed by atoms with Crippen molar-refractivity contribution in [3.05, 3.63) is 5.82 Å². The summed E-state index contributed by atoms with van der Waals surface area (Å²) in [5, 5.41) is 12.1. The van der Waals surface area contributed by atoms with Gasteiger partial charge in [-0.2, -0.15) is 20.2 Å². The number of nitrogens with zero attached hydrogens (tertiary/aromatic N) is 5. The van der Waals surface area contributed by atoms with Crippen molar-refractivity contribution in [3.63, 3.8) is 0 Å². The van der Waals surface area contributed by atoms with Crippen LogP contribution in [0.15, 0.2) is 0 Å². The molecule has 0 atom stereocenters. The first kappa shape index (κ1) is 15.1. The Morgan fingerprint density at radius 2 is 1.95 bits per heavy atom. The first-order valence-corrected chi connectivity index (χ1v) is 7.23. The van der Waals surface area contributed by atoms with E-state index in [1.165, 1.54) is 0 Å². The zero-order valence-electron chi connectivity index (χ0n) is 11.6. The molecule has 1 aromatic heterocycles. The first-order valence-electron chi connectivity index (χ1n) is 6.36. The van der Waals surface area contributed by atoms with Crippen LogP contribution < -0.4 is 10.2 Å². The van der Waals surface area contributed by atoms with Crippen LogP contribution in [-0.4, -0.2) is 31.5 Å². The third kappa shape index (κ3) is 3.22. The van der Waals surface area contributed by atoms with Gasteiger partial charge in [-0.15, -0.1) is 0 Å². The van der Waals surface area contributed by atoms with Crippen LogP contribution in [0.1, 0.15) is 39.4 Å². The minimum absolute atomic E-state index is 0.0429. The SMILES string of the molecule is CC(C)Nc1nc(C#N)nc(N(C(Cl)Cl)C2(C)CC2)n1. The molecule has 0 aromatic carbocycles. The van der Waals surface area contributed by atoms with Crippen molar-refractivity contribution >= 4 is 35.1 Å². The summed E-state index contributed by atoms with van der Waals surface area (Å²) >= 11 is 12.1. The quantitative estimate of drug-likeness (QED) is 0.665. The van der Waals surface area contributed by atoms with Gasteiger partial charge in [0.2, 0.25) is 17.7 Å². The van der Waals surface area contributed by atoms with E-state index in [1.54, 1.807) is 4.90 Å². The van der Waals surface area contributed by atoms with E-state index < -0.39 is 4.96 Å². The van der Waals surface area contributed by atoms with Gasteiger partial charge in [-0.1, -0.05) is 23.2 Å². The zero-order chi connectivity index (χ0) is 14.9. The van der Waals surface area contributed by atoms with Gasteiger partial charge in [-0.3, -0.25) is 0 Å². The Bertz CT molecular complexity index is 535. The Kier molecular flexibility index (Phi) is 4.21. The first-order chi connectivity index (χ1) is 9.35. The summed E-state index contributed by atoms with van der Waals surface area (Å²) in [5.74, 6) is 0.723. The van der Waals surface area contributed by atoms with Crippen molar-refractivity contribution in [2.45, 2.75) is 50.2 Å². The predicted molar refractivity (Wildman–Crippen MR) is 78.9 cm³/mol. The van der Waals surface area contributed by atoms with Gasteiger partial charge in [0.05, 0.1) is 0 Å². The maximum Gasteiger partial charge on any atom is 0.238 e. The van der Waals surface area contributed by atoms with E-state index >= 15 is 0 Å². The fourth-order valence-electron chi connectivity index (χ4n) is 1.83. The molecule has 1 heterocycles. The highest BCUT2D eigenvalue weighted by atomic mass is 35.5. The van der Waals surface area contributed by atoms with Crippen LogP contribution >= 0.6 is 23.2 Å². The monoisotopic (exact) mass is 314 g/mol. The molecule has 1 saturated carbocycles. The van der Waals surface area contributed by atoms with Crippen molar-refractivity contribution in [1.29, 1.82) is 5.26 Å². The normalized spacial score (nSPS) is 16.1. The van der Waals surface area contributed by atoms with Crippen molar-refractivity contribution in [2.75, 3.05) is 10.2 Å². The lowest BCUT2D eigenvalue weighted by Crippen LogP contribution is -2.40. The van der Waals surface area contributed by atoms with Crippen molar-refractivity contribution in [3.8, 4) is 6.07 Å². The highest BCUT2D eigenvalue weighted by molar-refractivity contribution is 6.45. The van der Waals surface area contributed by atoms with Crippen LogP contribution in [0.25, 0.3) is 0 Å². The lowest BCUT2D eigenvalue weighted by Gasteiger charge is -2.30. The highest BCUT2D eigenvalue weighted by Crippen LogP contribution is 2.45. The molecule has 0 saturated heterocycles. The van der Waals surface area contributed by atoms with Crippen LogP contribution in [0, 0.1) is 11.3 Å². The van der Waals surface area contributed by atoms with Gasteiger partial charge >= 0.3 is 0 Å². The molecule has 0 radical (unpaired) electrons. The highest BCUT2D eigenvalue weighted by Gasteiger charge is 2.47. The molecule has 0 unspecified atom stereocenters. The summed E-state index contributed by atoms with van der Waals surface area (Å²) in [5.41, 5.74) is -0.155. The van der Waals surface area contributed by atoms with Gasteiger partial charge in [0.15, 0.2) is 4.96 Å². The van der Waals surface area contributed by atoms with Crippen LogP contribution in [0.2, 0.25) is 0 Å². The Morgan fingerprint density at radius 3 is 2.40 bits per heavy atom. The van der Waals surface area contributed by atoms with Gasteiger partial charge in [-0.25, -0.2) is 0 Å². The van der Waals surface area contributed by atoms with Crippen molar-refractivity contribution < 1.29 is 0 Å². The van der Waals surface area contributed by atoms with Crippen molar-refractivity contribution in [2.24, 2.45) is 0 Å². The number of aromatic nitrogens is 3. The summed E-state index contributed by atoms with van der Waals surface area (Å²) in [6, 6.07) is 2.07. The standard InChI is InChI=1S/C12H16Cl2N6/c1-7(2)16-10-17-8(6-15)18-11(19-10)20(9(13)14)12(3)4-5-12/h7,9H,4-5H2,1-3H3,(H,16,17,18,19). The molecule has 0 amide bonds. The fourth-order valence-corrected chi connectivity index (χ4v) is 2.48. The number of rotatable bonds is 5. The number of nitriles is 1. The summed E-state index contributed by atoms with van der Waals surface area (Å²) in [4.78, 5) is 13.4. The predicted octanol–water partition coefficient (Wildman–Crippen LogP) is 2.68. The van der Waals surface area contributed by atoms with Gasteiger partial charge in [-0.05, 0) is 33.6 Å². The molecule has 1 aliphatic carbocycles. The van der Waals surface area contributed by atoms with Gasteiger partial charge in [0, 0.05) is 11.6 Å². The third-order valence-electron chi connectivity index (χ3n) is 3.11. The number of hydrogen-bond acceptors (Lipinski definition) is 6. The summed E-state index contributed by atoms with van der Waals surface area (Å²) < 4.78 is 0. The van der Waals surface area contributed by atoms with Crippen molar-refractivity contribution in [1.82, 2.24) is 15.0 Å². The molecular formula is C12H16Cl2N6. The molecule has 1 aliphatic rings. The van der Waals surface area contributed by atoms with E-state index in [1.807, 2.05) is 26.8 Å². The van der Waals surface area contributed by atoms with E-state index in [-0.39, 0.29) is 17.4 Å². The number of halogens is 2.